The number of hydrogen-bond donors (Lipinski definition) is 0. The van der Waals surface area contributed by atoms with Gasteiger partial charge in [-0.05, 0) is 32.4 Å². The van der Waals surface area contributed by atoms with Crippen molar-refractivity contribution < 1.29 is 32.0 Å². The molecule has 0 saturated carbocycles. The quantitative estimate of drug-likeness (QED) is 0.380. The summed E-state index contributed by atoms with van der Waals surface area (Å²) in [5.41, 5.74) is -3.63. The third kappa shape index (κ3) is 3.23. The molecule has 0 radical (unpaired) electrons. The Hall–Kier alpha value is -1.89. The molecule has 6 nitrogen and oxygen atoms in total. The van der Waals surface area contributed by atoms with Crippen molar-refractivity contribution in [2.24, 2.45) is 17.8 Å². The highest BCUT2D eigenvalue weighted by Crippen LogP contribution is 2.67. The molecule has 9 heteroatoms. The maximum absolute atomic E-state index is 15.4. The molecule has 28 heavy (non-hydrogen) atoms. The van der Waals surface area contributed by atoms with Crippen molar-refractivity contribution in [2.75, 3.05) is 18.1 Å². The van der Waals surface area contributed by atoms with E-state index in [2.05, 4.69) is 0 Å². The number of carbonyl (C=O) groups excluding carboxylic acids is 2. The van der Waals surface area contributed by atoms with Crippen LogP contribution in [-0.2, 0) is 23.2 Å². The predicted molar refractivity (Wildman–Crippen MR) is 99.0 cm³/mol. The zero-order valence-corrected chi connectivity index (χ0v) is 16.5. The largest absolute Gasteiger partial charge is 0.400 e. The fourth-order valence-electron chi connectivity index (χ4n) is 3.79. The van der Waals surface area contributed by atoms with E-state index in [1.807, 2.05) is 0 Å². The Bertz CT molecular complexity index is 819. The highest BCUT2D eigenvalue weighted by Gasteiger charge is 2.65. The summed E-state index contributed by atoms with van der Waals surface area (Å²) < 4.78 is 53.2. The minimum absolute atomic E-state index is 0.165. The number of amides is 2. The van der Waals surface area contributed by atoms with Gasteiger partial charge in [0.25, 0.3) is 0 Å². The summed E-state index contributed by atoms with van der Waals surface area (Å²) in [6.45, 7) is 2.39. The lowest BCUT2D eigenvalue weighted by molar-refractivity contribution is -0.126. The van der Waals surface area contributed by atoms with E-state index in [1.165, 1.54) is 19.9 Å². The van der Waals surface area contributed by atoms with Crippen molar-refractivity contribution in [3.8, 4) is 0 Å². The van der Waals surface area contributed by atoms with Gasteiger partial charge in [0.15, 0.2) is 0 Å². The molecule has 2 aliphatic rings. The number of imide groups is 1. The molecule has 0 spiro atoms. The third-order valence-electron chi connectivity index (χ3n) is 4.98. The fraction of sp³-hybridized carbons (Fsp3) is 0.474. The molecule has 1 heterocycles. The van der Waals surface area contributed by atoms with Gasteiger partial charge in [-0.2, -0.15) is 8.78 Å². The van der Waals surface area contributed by atoms with Crippen LogP contribution in [0.1, 0.15) is 20.3 Å². The molecule has 2 amide bonds. The summed E-state index contributed by atoms with van der Waals surface area (Å²) in [5.74, 6) is -5.30. The fourth-order valence-corrected chi connectivity index (χ4v) is 5.50. The lowest BCUT2D eigenvalue weighted by Gasteiger charge is -2.35. The molecule has 1 aliphatic carbocycles. The monoisotopic (exact) mass is 413 g/mol. The normalized spacial score (nSPS) is 25.3. The number of rotatable bonds is 7. The highest BCUT2D eigenvalue weighted by atomic mass is 31.2. The summed E-state index contributed by atoms with van der Waals surface area (Å²) >= 11 is 0. The van der Waals surface area contributed by atoms with Crippen LogP contribution < -0.4 is 4.90 Å². The molecule has 1 saturated heterocycles. The van der Waals surface area contributed by atoms with Gasteiger partial charge in [-0.25, -0.2) is 0 Å². The minimum Gasteiger partial charge on any atom is -0.305 e. The third-order valence-corrected chi connectivity index (χ3v) is 7.20. The van der Waals surface area contributed by atoms with Crippen molar-refractivity contribution in [2.45, 2.75) is 25.9 Å². The smallest absolute Gasteiger partial charge is 0.305 e. The number of carbonyl (C=O) groups is 2. The number of halogens is 2. The Morgan fingerprint density at radius 3 is 2.29 bits per heavy atom. The van der Waals surface area contributed by atoms with Crippen LogP contribution in [0.25, 0.3) is 0 Å². The first-order chi connectivity index (χ1) is 13.3. The van der Waals surface area contributed by atoms with Crippen molar-refractivity contribution in [1.82, 2.24) is 0 Å². The van der Waals surface area contributed by atoms with E-state index in [4.69, 9.17) is 9.05 Å². The maximum atomic E-state index is 15.4. The van der Waals surface area contributed by atoms with Crippen molar-refractivity contribution in [3.63, 3.8) is 0 Å². The van der Waals surface area contributed by atoms with Crippen molar-refractivity contribution >= 4 is 25.1 Å². The van der Waals surface area contributed by atoms with Gasteiger partial charge >= 0.3 is 13.3 Å². The first kappa shape index (κ1) is 20.8. The van der Waals surface area contributed by atoms with E-state index in [9.17, 15) is 14.2 Å². The Morgan fingerprint density at radius 2 is 1.71 bits per heavy atom. The van der Waals surface area contributed by atoms with Crippen LogP contribution in [0.5, 0.6) is 0 Å². The average Bonchev–Trinajstić information content (AvgIpc) is 2.93. The second kappa shape index (κ2) is 7.85. The van der Waals surface area contributed by atoms with Crippen LogP contribution in [-0.4, -0.2) is 30.7 Å². The van der Waals surface area contributed by atoms with Gasteiger partial charge in [-0.15, -0.1) is 0 Å². The molecule has 1 aromatic rings. The number of nitrogens with zero attached hydrogens (tertiary/aromatic N) is 1. The molecule has 1 aliphatic heterocycles. The van der Waals surface area contributed by atoms with Crippen molar-refractivity contribution in [1.29, 1.82) is 0 Å². The standard InChI is InChI=1S/C19H22F2NO5P/c1-3-26-28(25,27-4-2)19(20,21)15-12-8-11-14-16(15)18(24)22(17(14)23)13-9-6-5-7-10-13/h5-10,12,14-16H,3-4,11H2,1-2H3/t14-,15+,16-/m1/s1. The van der Waals surface area contributed by atoms with Gasteiger partial charge in [-0.1, -0.05) is 30.4 Å². The van der Waals surface area contributed by atoms with Gasteiger partial charge in [-0.3, -0.25) is 19.1 Å². The molecular weight excluding hydrogens is 391 g/mol. The number of fused-ring (bicyclic) bond motifs is 1. The van der Waals surface area contributed by atoms with E-state index < -0.39 is 42.8 Å². The molecule has 0 unspecified atom stereocenters. The summed E-state index contributed by atoms with van der Waals surface area (Å²) in [6.07, 6.45) is 2.76. The van der Waals surface area contributed by atoms with Gasteiger partial charge < -0.3 is 9.05 Å². The second-order valence-electron chi connectivity index (χ2n) is 6.59. The number of benzene rings is 1. The van der Waals surface area contributed by atoms with Crippen LogP contribution in [0.3, 0.4) is 0 Å². The molecule has 1 aromatic carbocycles. The first-order valence-corrected chi connectivity index (χ1v) is 10.7. The van der Waals surface area contributed by atoms with E-state index in [0.717, 1.165) is 11.0 Å². The Kier molecular flexibility index (Phi) is 5.84. The van der Waals surface area contributed by atoms with E-state index >= 15 is 8.78 Å². The molecule has 3 rings (SSSR count). The van der Waals surface area contributed by atoms with E-state index in [-0.39, 0.29) is 19.6 Å². The van der Waals surface area contributed by atoms with E-state index in [1.54, 1.807) is 30.3 Å². The number of hydrogen-bond acceptors (Lipinski definition) is 5. The highest BCUT2D eigenvalue weighted by molar-refractivity contribution is 7.55. The topological polar surface area (TPSA) is 72.9 Å². The molecule has 0 bridgehead atoms. The molecule has 0 aromatic heterocycles. The Morgan fingerprint density at radius 1 is 1.11 bits per heavy atom. The first-order valence-electron chi connectivity index (χ1n) is 9.15. The Balaban J connectivity index is 2.01. The van der Waals surface area contributed by atoms with Crippen LogP contribution in [0.4, 0.5) is 14.5 Å². The van der Waals surface area contributed by atoms with Crippen LogP contribution >= 0.6 is 7.60 Å². The lowest BCUT2D eigenvalue weighted by Crippen LogP contribution is -2.41. The lowest BCUT2D eigenvalue weighted by atomic mass is 9.77. The van der Waals surface area contributed by atoms with Gasteiger partial charge in [0, 0.05) is 0 Å². The molecule has 0 N–H and O–H groups in total. The zero-order chi connectivity index (χ0) is 20.5. The van der Waals surface area contributed by atoms with Crippen molar-refractivity contribution in [3.05, 3.63) is 42.5 Å². The number of anilines is 1. The predicted octanol–water partition coefficient (Wildman–Crippen LogP) is 4.23. The molecule has 152 valence electrons. The number of allylic oxidation sites excluding steroid dienone is 2. The van der Waals surface area contributed by atoms with Gasteiger partial charge in [0.1, 0.15) is 0 Å². The van der Waals surface area contributed by atoms with Crippen LogP contribution in [0, 0.1) is 17.8 Å². The zero-order valence-electron chi connectivity index (χ0n) is 15.6. The Labute approximate surface area is 162 Å². The van der Waals surface area contributed by atoms with Gasteiger partial charge in [0.05, 0.1) is 36.7 Å². The molecule has 3 atom stereocenters. The summed E-state index contributed by atoms with van der Waals surface area (Å²) in [6, 6.07) is 8.17. The molecular formula is C19H22F2NO5P. The number of para-hydroxylation sites is 1. The maximum Gasteiger partial charge on any atom is 0.400 e. The number of alkyl halides is 2. The molecule has 1 fully saturated rings. The SMILES string of the molecule is CCOP(=O)(OCC)C(F)(F)[C@H]1C=CC[C@H]2C(=O)N(c3ccccc3)C(=O)[C@H]21. The van der Waals surface area contributed by atoms with Crippen LogP contribution in [0.15, 0.2) is 42.5 Å². The average molecular weight is 413 g/mol. The summed E-state index contributed by atoms with van der Waals surface area (Å²) in [5, 5.41) is 0. The minimum atomic E-state index is -4.84. The second-order valence-corrected chi connectivity index (χ2v) is 8.70. The van der Waals surface area contributed by atoms with Crippen LogP contribution in [0.2, 0.25) is 0 Å². The van der Waals surface area contributed by atoms with E-state index in [0.29, 0.717) is 5.69 Å². The summed E-state index contributed by atoms with van der Waals surface area (Å²) in [4.78, 5) is 26.8. The summed E-state index contributed by atoms with van der Waals surface area (Å²) in [7, 11) is -4.84. The van der Waals surface area contributed by atoms with Gasteiger partial charge in [0.2, 0.25) is 11.8 Å².